The number of benzene rings is 1. The van der Waals surface area contributed by atoms with Crippen LogP contribution in [0.5, 0.6) is 0 Å². The van der Waals surface area contributed by atoms with Crippen LogP contribution >= 0.6 is 23.4 Å². The fourth-order valence-electron chi connectivity index (χ4n) is 1.88. The molecule has 1 fully saturated rings. The lowest BCUT2D eigenvalue weighted by atomic mass is 10.2. The van der Waals surface area contributed by atoms with E-state index in [1.54, 1.807) is 25.1 Å². The van der Waals surface area contributed by atoms with Gasteiger partial charge in [0.25, 0.3) is 5.24 Å². The standard InChI is InChI=1S/C14H14ClN3O4S/c1-8-9(15)3-2-4-10(8)17-13(21)12(20)16-5-6-18-11(19)7-23-14(18)22/h2-4H,5-7H2,1H3,(H,16,20)(H,17,21). The van der Waals surface area contributed by atoms with Crippen molar-refractivity contribution in [3.8, 4) is 0 Å². The number of nitrogens with zero attached hydrogens (tertiary/aromatic N) is 1. The number of thioether (sulfide) groups is 1. The predicted octanol–water partition coefficient (Wildman–Crippen LogP) is 1.40. The average Bonchev–Trinajstić information content (AvgIpc) is 2.83. The summed E-state index contributed by atoms with van der Waals surface area (Å²) in [6, 6.07) is 4.96. The smallest absolute Gasteiger partial charge is 0.313 e. The number of imide groups is 1. The molecule has 1 aliphatic rings. The van der Waals surface area contributed by atoms with E-state index in [0.717, 1.165) is 16.7 Å². The maximum absolute atomic E-state index is 11.8. The van der Waals surface area contributed by atoms with Gasteiger partial charge in [0.1, 0.15) is 0 Å². The second-order valence-corrected chi connectivity index (χ2v) is 6.06. The van der Waals surface area contributed by atoms with Gasteiger partial charge in [-0.2, -0.15) is 0 Å². The van der Waals surface area contributed by atoms with Gasteiger partial charge in [-0.25, -0.2) is 0 Å². The van der Waals surface area contributed by atoms with E-state index >= 15 is 0 Å². The first-order valence-electron chi connectivity index (χ1n) is 6.71. The molecule has 0 bridgehead atoms. The molecular formula is C14H14ClN3O4S. The van der Waals surface area contributed by atoms with Crippen LogP contribution in [0, 0.1) is 6.92 Å². The minimum Gasteiger partial charge on any atom is -0.346 e. The predicted molar refractivity (Wildman–Crippen MR) is 87.4 cm³/mol. The summed E-state index contributed by atoms with van der Waals surface area (Å²) in [5.74, 6) is -1.88. The molecule has 4 amide bonds. The summed E-state index contributed by atoms with van der Waals surface area (Å²) in [6.07, 6.45) is 0. The van der Waals surface area contributed by atoms with Crippen molar-refractivity contribution in [3.63, 3.8) is 0 Å². The van der Waals surface area contributed by atoms with E-state index in [0.29, 0.717) is 16.3 Å². The summed E-state index contributed by atoms with van der Waals surface area (Å²) in [5, 5.41) is 4.96. The molecule has 0 saturated carbocycles. The molecule has 9 heteroatoms. The quantitative estimate of drug-likeness (QED) is 0.796. The lowest BCUT2D eigenvalue weighted by Crippen LogP contribution is -2.41. The molecule has 23 heavy (non-hydrogen) atoms. The fourth-order valence-corrected chi connectivity index (χ4v) is 2.81. The van der Waals surface area contributed by atoms with Crippen LogP contribution in [-0.2, 0) is 14.4 Å². The Morgan fingerprint density at radius 3 is 2.70 bits per heavy atom. The van der Waals surface area contributed by atoms with Gasteiger partial charge in [0.2, 0.25) is 5.91 Å². The molecule has 0 radical (unpaired) electrons. The molecular weight excluding hydrogens is 342 g/mol. The maximum Gasteiger partial charge on any atom is 0.313 e. The van der Waals surface area contributed by atoms with E-state index in [2.05, 4.69) is 10.6 Å². The molecule has 0 spiro atoms. The summed E-state index contributed by atoms with van der Waals surface area (Å²) >= 11 is 6.85. The van der Waals surface area contributed by atoms with E-state index in [9.17, 15) is 19.2 Å². The number of carbonyl (C=O) groups is 4. The van der Waals surface area contributed by atoms with Gasteiger partial charge in [-0.3, -0.25) is 24.1 Å². The highest BCUT2D eigenvalue weighted by Crippen LogP contribution is 2.22. The lowest BCUT2D eigenvalue weighted by molar-refractivity contribution is -0.136. The van der Waals surface area contributed by atoms with Gasteiger partial charge in [-0.1, -0.05) is 29.4 Å². The molecule has 1 heterocycles. The topological polar surface area (TPSA) is 95.6 Å². The number of hydrogen-bond donors (Lipinski definition) is 2. The number of hydrogen-bond acceptors (Lipinski definition) is 5. The normalized spacial score (nSPS) is 14.1. The zero-order valence-electron chi connectivity index (χ0n) is 12.2. The number of halogens is 1. The van der Waals surface area contributed by atoms with Crippen LogP contribution in [0.25, 0.3) is 0 Å². The van der Waals surface area contributed by atoms with Crippen LogP contribution < -0.4 is 10.6 Å². The molecule has 1 aromatic rings. The Bertz CT molecular complexity index is 664. The van der Waals surface area contributed by atoms with Crippen molar-refractivity contribution in [2.45, 2.75) is 6.92 Å². The number of amides is 4. The Hall–Kier alpha value is -2.06. The zero-order valence-corrected chi connectivity index (χ0v) is 13.8. The SMILES string of the molecule is Cc1c(Cl)cccc1NC(=O)C(=O)NCCN1C(=O)CSC1=O. The summed E-state index contributed by atoms with van der Waals surface area (Å²) < 4.78 is 0. The third-order valence-electron chi connectivity index (χ3n) is 3.18. The molecule has 2 rings (SSSR count). The summed E-state index contributed by atoms with van der Waals surface area (Å²) in [6.45, 7) is 1.77. The molecule has 2 N–H and O–H groups in total. The van der Waals surface area contributed by atoms with E-state index in [4.69, 9.17) is 11.6 Å². The molecule has 1 saturated heterocycles. The van der Waals surface area contributed by atoms with Crippen molar-refractivity contribution in [1.82, 2.24) is 10.2 Å². The summed E-state index contributed by atoms with van der Waals surface area (Å²) in [4.78, 5) is 47.3. The number of nitrogens with one attached hydrogen (secondary N) is 2. The third-order valence-corrected chi connectivity index (χ3v) is 4.45. The molecule has 0 aromatic heterocycles. The molecule has 1 aliphatic heterocycles. The Morgan fingerprint density at radius 1 is 1.30 bits per heavy atom. The van der Waals surface area contributed by atoms with Crippen molar-refractivity contribution in [1.29, 1.82) is 0 Å². The second-order valence-electron chi connectivity index (χ2n) is 4.72. The molecule has 0 aliphatic carbocycles. The maximum atomic E-state index is 11.8. The molecule has 0 unspecified atom stereocenters. The van der Waals surface area contributed by atoms with E-state index in [1.165, 1.54) is 0 Å². The van der Waals surface area contributed by atoms with Gasteiger partial charge >= 0.3 is 11.8 Å². The number of anilines is 1. The van der Waals surface area contributed by atoms with Crippen molar-refractivity contribution in [2.24, 2.45) is 0 Å². The van der Waals surface area contributed by atoms with Gasteiger partial charge in [-0.15, -0.1) is 0 Å². The first-order chi connectivity index (χ1) is 10.9. The zero-order chi connectivity index (χ0) is 17.0. The number of rotatable bonds is 4. The largest absolute Gasteiger partial charge is 0.346 e. The van der Waals surface area contributed by atoms with Crippen LogP contribution in [0.4, 0.5) is 10.5 Å². The van der Waals surface area contributed by atoms with E-state index < -0.39 is 11.8 Å². The van der Waals surface area contributed by atoms with Gasteiger partial charge < -0.3 is 10.6 Å². The van der Waals surface area contributed by atoms with Gasteiger partial charge in [0.15, 0.2) is 0 Å². The monoisotopic (exact) mass is 355 g/mol. The highest BCUT2D eigenvalue weighted by atomic mass is 35.5. The Balaban J connectivity index is 1.83. The molecule has 7 nitrogen and oxygen atoms in total. The lowest BCUT2D eigenvalue weighted by Gasteiger charge is -2.13. The van der Waals surface area contributed by atoms with E-state index in [1.807, 2.05) is 0 Å². The molecule has 122 valence electrons. The summed E-state index contributed by atoms with van der Waals surface area (Å²) in [5.41, 5.74) is 1.10. The number of carbonyl (C=O) groups excluding carboxylic acids is 4. The minimum atomic E-state index is -0.851. The van der Waals surface area contributed by atoms with Crippen LogP contribution in [0.3, 0.4) is 0 Å². The van der Waals surface area contributed by atoms with Crippen LogP contribution in [0.1, 0.15) is 5.56 Å². The van der Waals surface area contributed by atoms with Gasteiger partial charge in [0.05, 0.1) is 5.75 Å². The third kappa shape index (κ3) is 4.23. The van der Waals surface area contributed by atoms with E-state index in [-0.39, 0.29) is 30.0 Å². The van der Waals surface area contributed by atoms with Crippen molar-refractivity contribution >= 4 is 52.0 Å². The highest BCUT2D eigenvalue weighted by molar-refractivity contribution is 8.14. The molecule has 0 atom stereocenters. The van der Waals surface area contributed by atoms with Gasteiger partial charge in [-0.05, 0) is 24.6 Å². The van der Waals surface area contributed by atoms with Crippen LogP contribution in [-0.4, -0.2) is 46.7 Å². The van der Waals surface area contributed by atoms with Crippen LogP contribution in [0.2, 0.25) is 5.02 Å². The molecule has 1 aromatic carbocycles. The highest BCUT2D eigenvalue weighted by Gasteiger charge is 2.29. The van der Waals surface area contributed by atoms with Crippen LogP contribution in [0.15, 0.2) is 18.2 Å². The average molecular weight is 356 g/mol. The minimum absolute atomic E-state index is 0.0127. The Labute approximate surface area is 141 Å². The van der Waals surface area contributed by atoms with Crippen molar-refractivity contribution in [2.75, 3.05) is 24.2 Å². The second kappa shape index (κ2) is 7.47. The fraction of sp³-hybridized carbons (Fsp3) is 0.286. The first kappa shape index (κ1) is 17.3. The Morgan fingerprint density at radius 2 is 2.04 bits per heavy atom. The van der Waals surface area contributed by atoms with Crippen molar-refractivity contribution in [3.05, 3.63) is 28.8 Å². The van der Waals surface area contributed by atoms with Gasteiger partial charge in [0, 0.05) is 23.8 Å². The first-order valence-corrected chi connectivity index (χ1v) is 8.08. The summed E-state index contributed by atoms with van der Waals surface area (Å²) in [7, 11) is 0. The van der Waals surface area contributed by atoms with Crippen molar-refractivity contribution < 1.29 is 19.2 Å². The Kier molecular flexibility index (Phi) is 5.62.